The van der Waals surface area contributed by atoms with Crippen molar-refractivity contribution in [3.05, 3.63) is 0 Å². The van der Waals surface area contributed by atoms with Crippen molar-refractivity contribution in [3.63, 3.8) is 0 Å². The van der Waals surface area contributed by atoms with Crippen molar-refractivity contribution in [3.8, 4) is 0 Å². The first-order valence-corrected chi connectivity index (χ1v) is 13.8. The van der Waals surface area contributed by atoms with Crippen LogP contribution in [0.15, 0.2) is 0 Å². The normalized spacial score (nSPS) is 14.0. The van der Waals surface area contributed by atoms with Gasteiger partial charge < -0.3 is 9.47 Å². The third-order valence-electron chi connectivity index (χ3n) is 5.02. The summed E-state index contributed by atoms with van der Waals surface area (Å²) >= 11 is 0. The Morgan fingerprint density at radius 2 is 1.78 bits per heavy atom. The van der Waals surface area contributed by atoms with Crippen LogP contribution in [0.2, 0.25) is 29.8 Å². The fraction of sp³-hybridized carbons (Fsp3) is 0.882. The van der Waals surface area contributed by atoms with Gasteiger partial charge in [-0.2, -0.15) is 0 Å². The molecule has 0 heterocycles. The van der Waals surface area contributed by atoms with E-state index in [4.69, 9.17) is 4.74 Å². The highest BCUT2D eigenvalue weighted by atomic mass is 28.4. The van der Waals surface area contributed by atoms with Gasteiger partial charge in [-0.25, -0.2) is 0 Å². The van der Waals surface area contributed by atoms with Crippen molar-refractivity contribution < 1.29 is 19.1 Å². The first-order chi connectivity index (χ1) is 10.6. The molecule has 6 heteroatoms. The average Bonchev–Trinajstić information content (AvgIpc) is 2.51. The molecule has 0 saturated heterocycles. The maximum Gasteiger partial charge on any atom is 0.309 e. The Morgan fingerprint density at radius 3 is 2.26 bits per heavy atom. The Balaban J connectivity index is 4.39. The number of rotatable bonds is 11. The van der Waals surface area contributed by atoms with Crippen molar-refractivity contribution in [2.45, 2.75) is 76.3 Å². The molecule has 0 bridgehead atoms. The Labute approximate surface area is 145 Å². The number of esters is 2. The third-order valence-corrected chi connectivity index (χ3v) is 15.0. The van der Waals surface area contributed by atoms with Gasteiger partial charge in [0.15, 0.2) is 0 Å². The summed E-state index contributed by atoms with van der Waals surface area (Å²) in [7, 11) is 1.48. The van der Waals surface area contributed by atoms with Crippen LogP contribution in [0.4, 0.5) is 0 Å². The third kappa shape index (κ3) is 9.96. The monoisotopic (exact) mass is 360 g/mol. The Bertz CT molecular complexity index is 381. The lowest BCUT2D eigenvalue weighted by molar-refractivity contribution is -0.152. The summed E-state index contributed by atoms with van der Waals surface area (Å²) in [4.78, 5) is 23.2. The fourth-order valence-electron chi connectivity index (χ4n) is 2.56. The summed E-state index contributed by atoms with van der Waals surface area (Å²) in [5, 5.41) is 0.559. The van der Waals surface area contributed by atoms with Gasteiger partial charge in [-0.15, -0.1) is 0 Å². The highest BCUT2D eigenvalue weighted by Crippen LogP contribution is 2.31. The number of methoxy groups -OCH3 is 2. The molecule has 23 heavy (non-hydrogen) atoms. The highest BCUT2D eigenvalue weighted by molar-refractivity contribution is 6.84. The fourth-order valence-corrected chi connectivity index (χ4v) is 10.5. The molecule has 0 aliphatic carbocycles. The molecule has 0 N–H and O–H groups in total. The lowest BCUT2D eigenvalue weighted by Crippen LogP contribution is -2.31. The minimum Gasteiger partial charge on any atom is -0.469 e. The summed E-state index contributed by atoms with van der Waals surface area (Å²) < 4.78 is 9.50. The summed E-state index contributed by atoms with van der Waals surface area (Å²) in [5.41, 5.74) is 1.45. The molecule has 1 unspecified atom stereocenters. The molecule has 0 aromatic rings. The van der Waals surface area contributed by atoms with Gasteiger partial charge in [-0.3, -0.25) is 9.59 Å². The van der Waals surface area contributed by atoms with Crippen LogP contribution in [-0.2, 0) is 19.1 Å². The van der Waals surface area contributed by atoms with E-state index >= 15 is 0 Å². The van der Waals surface area contributed by atoms with E-state index in [-0.39, 0.29) is 33.8 Å². The van der Waals surface area contributed by atoms with Crippen LogP contribution in [0.25, 0.3) is 0 Å². The van der Waals surface area contributed by atoms with Crippen molar-refractivity contribution in [1.82, 2.24) is 0 Å². The summed E-state index contributed by atoms with van der Waals surface area (Å²) in [6.07, 6.45) is 3.11. The second kappa shape index (κ2) is 10.3. The maximum atomic E-state index is 11.8. The van der Waals surface area contributed by atoms with Gasteiger partial charge in [0.2, 0.25) is 0 Å². The predicted octanol–water partition coefficient (Wildman–Crippen LogP) is 3.56. The van der Waals surface area contributed by atoms with Gasteiger partial charge in [0, 0.05) is 17.6 Å². The van der Waals surface area contributed by atoms with Gasteiger partial charge >= 0.3 is 11.9 Å². The largest absolute Gasteiger partial charge is 0.469 e. The van der Waals surface area contributed by atoms with Crippen LogP contribution >= 0.6 is 0 Å². The van der Waals surface area contributed by atoms with Crippen LogP contribution in [0.3, 0.4) is 0 Å². The molecule has 0 spiro atoms. The van der Waals surface area contributed by atoms with Crippen molar-refractivity contribution in [2.75, 3.05) is 14.2 Å². The SMILES string of the molecule is CCC(C)(C)[SiH2]C[Si](C)(C)CCCC(CC(=O)OC)C(=O)OC. The topological polar surface area (TPSA) is 52.6 Å². The molecular formula is C17H36O4Si2. The van der Waals surface area contributed by atoms with Crippen molar-refractivity contribution in [1.29, 1.82) is 0 Å². The van der Waals surface area contributed by atoms with Gasteiger partial charge in [0.05, 0.1) is 26.6 Å². The van der Waals surface area contributed by atoms with Gasteiger partial charge in [0.25, 0.3) is 0 Å². The molecule has 0 fully saturated rings. The zero-order chi connectivity index (χ0) is 18.1. The minimum atomic E-state index is -1.20. The number of ether oxygens (including phenoxy) is 2. The summed E-state index contributed by atoms with van der Waals surface area (Å²) in [5.74, 6) is -0.994. The molecule has 0 amide bonds. The molecule has 0 saturated carbocycles. The quantitative estimate of drug-likeness (QED) is 0.417. The standard InChI is InChI=1S/C17H36O4Si2/c1-8-17(2,3)22-13-23(6,7)11-9-10-14(16(19)21-5)12-15(18)20-4/h14H,8-13,22H2,1-7H3. The average molecular weight is 361 g/mol. The van der Waals surface area contributed by atoms with Crippen LogP contribution in [-0.4, -0.2) is 43.8 Å². The molecule has 0 radical (unpaired) electrons. The van der Waals surface area contributed by atoms with Crippen LogP contribution in [0.5, 0.6) is 0 Å². The first kappa shape index (κ1) is 22.4. The second-order valence-corrected chi connectivity index (χ2v) is 17.3. The molecule has 4 nitrogen and oxygen atoms in total. The van der Waals surface area contributed by atoms with E-state index in [1.807, 2.05) is 0 Å². The van der Waals surface area contributed by atoms with E-state index in [2.05, 4.69) is 38.6 Å². The van der Waals surface area contributed by atoms with E-state index in [1.165, 1.54) is 32.4 Å². The maximum absolute atomic E-state index is 11.8. The number of carbonyl (C=O) groups excluding carboxylic acids is 2. The molecule has 136 valence electrons. The van der Waals surface area contributed by atoms with E-state index in [1.54, 1.807) is 0 Å². The zero-order valence-corrected chi connectivity index (χ0v) is 18.6. The number of hydrogen-bond acceptors (Lipinski definition) is 4. The van der Waals surface area contributed by atoms with Crippen molar-refractivity contribution in [2.24, 2.45) is 5.92 Å². The smallest absolute Gasteiger partial charge is 0.309 e. The van der Waals surface area contributed by atoms with Crippen LogP contribution < -0.4 is 0 Å². The minimum absolute atomic E-state index is 0.0582. The van der Waals surface area contributed by atoms with Gasteiger partial charge in [0.1, 0.15) is 0 Å². The molecule has 0 aromatic carbocycles. The van der Waals surface area contributed by atoms with Gasteiger partial charge in [-0.1, -0.05) is 58.4 Å². The molecule has 0 rings (SSSR count). The molecule has 0 aromatic heterocycles. The highest BCUT2D eigenvalue weighted by Gasteiger charge is 2.27. The van der Waals surface area contributed by atoms with Gasteiger partial charge in [-0.05, 0) is 11.5 Å². The van der Waals surface area contributed by atoms with E-state index in [0.717, 1.165) is 12.8 Å². The lowest BCUT2D eigenvalue weighted by atomic mass is 10.0. The second-order valence-electron chi connectivity index (χ2n) is 8.07. The Hall–Kier alpha value is -0.626. The number of carbonyl (C=O) groups is 2. The van der Waals surface area contributed by atoms with Crippen LogP contribution in [0, 0.1) is 5.92 Å². The van der Waals surface area contributed by atoms with E-state index in [9.17, 15) is 9.59 Å². The molecule has 1 atom stereocenters. The summed E-state index contributed by atoms with van der Waals surface area (Å²) in [6.45, 7) is 12.0. The van der Waals surface area contributed by atoms with E-state index in [0.29, 0.717) is 5.04 Å². The van der Waals surface area contributed by atoms with E-state index < -0.39 is 8.07 Å². The molecule has 0 aliphatic heterocycles. The Morgan fingerprint density at radius 1 is 1.17 bits per heavy atom. The lowest BCUT2D eigenvalue weighted by Gasteiger charge is -2.29. The number of hydrogen-bond donors (Lipinski definition) is 0. The zero-order valence-electron chi connectivity index (χ0n) is 16.2. The predicted molar refractivity (Wildman–Crippen MR) is 101 cm³/mol. The van der Waals surface area contributed by atoms with Crippen LogP contribution in [0.1, 0.15) is 46.5 Å². The molecule has 0 aliphatic rings. The van der Waals surface area contributed by atoms with Crippen molar-refractivity contribution >= 4 is 29.5 Å². The Kier molecular flexibility index (Phi) is 10.0. The molecular weight excluding hydrogens is 324 g/mol. The summed E-state index contributed by atoms with van der Waals surface area (Å²) in [6, 6.07) is 1.22. The first-order valence-electron chi connectivity index (χ1n) is 8.71.